The summed E-state index contributed by atoms with van der Waals surface area (Å²) in [6, 6.07) is 4.90. The van der Waals surface area contributed by atoms with Crippen LogP contribution in [0.1, 0.15) is 10.5 Å². The third kappa shape index (κ3) is 3.05. The largest absolute Gasteiger partial charge is 0.493 e. The van der Waals surface area contributed by atoms with Gasteiger partial charge in [-0.2, -0.15) is 5.10 Å². The highest BCUT2D eigenvalue weighted by Gasteiger charge is 2.28. The van der Waals surface area contributed by atoms with Crippen LogP contribution in [0, 0.1) is 0 Å². The number of carboxylic acids is 1. The second kappa shape index (κ2) is 6.33. The first-order valence-corrected chi connectivity index (χ1v) is 7.77. The third-order valence-electron chi connectivity index (χ3n) is 3.93. The lowest BCUT2D eigenvalue weighted by molar-refractivity contribution is 0.0373. The predicted octanol–water partition coefficient (Wildman–Crippen LogP) is 2.14. The van der Waals surface area contributed by atoms with Crippen molar-refractivity contribution in [1.82, 2.24) is 14.7 Å². The summed E-state index contributed by atoms with van der Waals surface area (Å²) in [5.41, 5.74) is 1.20. The van der Waals surface area contributed by atoms with E-state index in [1.807, 2.05) is 7.05 Å². The number of methoxy groups -OCH3 is 1. The Kier molecular flexibility index (Phi) is 4.38. The van der Waals surface area contributed by atoms with Gasteiger partial charge in [0.05, 0.1) is 12.8 Å². The van der Waals surface area contributed by atoms with Gasteiger partial charge in [0.25, 0.3) is 0 Å². The summed E-state index contributed by atoms with van der Waals surface area (Å²) in [6.45, 7) is 1.63. The van der Waals surface area contributed by atoms with E-state index in [1.165, 1.54) is 10.7 Å². The van der Waals surface area contributed by atoms with Crippen LogP contribution in [0.3, 0.4) is 0 Å². The van der Waals surface area contributed by atoms with E-state index < -0.39 is 5.97 Å². The Morgan fingerprint density at radius 1 is 1.33 bits per heavy atom. The summed E-state index contributed by atoms with van der Waals surface area (Å²) in [5, 5.41) is 13.6. The third-order valence-corrected chi connectivity index (χ3v) is 4.15. The van der Waals surface area contributed by atoms with Crippen LogP contribution >= 0.6 is 11.6 Å². The van der Waals surface area contributed by atoms with Crippen molar-refractivity contribution in [1.29, 1.82) is 0 Å². The maximum Gasteiger partial charge on any atom is 0.356 e. The number of aromatic carboxylic acids is 1. The van der Waals surface area contributed by atoms with Gasteiger partial charge in [0, 0.05) is 36.8 Å². The Morgan fingerprint density at radius 3 is 2.58 bits per heavy atom. The first-order chi connectivity index (χ1) is 11.4. The van der Waals surface area contributed by atoms with E-state index in [9.17, 15) is 4.79 Å². The number of aryl methyl sites for hydroxylation is 1. The topological polar surface area (TPSA) is 76.8 Å². The summed E-state index contributed by atoms with van der Waals surface area (Å²) in [6.07, 6.45) is 0.0518. The Hall–Kier alpha value is -2.25. The number of carboxylic acid groups (broad SMARTS) is 1. The molecule has 8 heteroatoms. The molecule has 1 aliphatic heterocycles. The minimum atomic E-state index is -1.09. The summed E-state index contributed by atoms with van der Waals surface area (Å²) in [4.78, 5) is 13.3. The summed E-state index contributed by atoms with van der Waals surface area (Å²) in [5.74, 6) is -0.0426. The van der Waals surface area contributed by atoms with Gasteiger partial charge in [0.2, 0.25) is 0 Å². The van der Waals surface area contributed by atoms with Crippen LogP contribution < -0.4 is 9.47 Å². The lowest BCUT2D eigenvalue weighted by Crippen LogP contribution is -2.51. The number of likely N-dealkylation sites (N-methyl/N-ethyl adjacent to an activating group) is 1. The van der Waals surface area contributed by atoms with Crippen LogP contribution in [0.4, 0.5) is 0 Å². The van der Waals surface area contributed by atoms with E-state index in [-0.39, 0.29) is 11.8 Å². The molecule has 1 fully saturated rings. The molecule has 1 saturated heterocycles. The number of halogens is 1. The number of hydrogen-bond acceptors (Lipinski definition) is 5. The van der Waals surface area contributed by atoms with Crippen LogP contribution in [-0.4, -0.2) is 59.1 Å². The quantitative estimate of drug-likeness (QED) is 0.889. The average molecular weight is 352 g/mol. The molecule has 2 heterocycles. The van der Waals surface area contributed by atoms with Crippen LogP contribution in [0.2, 0.25) is 5.02 Å². The number of likely N-dealkylation sites (tertiary alicyclic amines) is 1. The summed E-state index contributed by atoms with van der Waals surface area (Å²) >= 11 is 6.19. The molecule has 1 N–H and O–H groups in total. The fourth-order valence-electron chi connectivity index (χ4n) is 2.74. The minimum Gasteiger partial charge on any atom is -0.493 e. The molecule has 0 spiro atoms. The van der Waals surface area contributed by atoms with E-state index in [4.69, 9.17) is 26.2 Å². The molecule has 0 atom stereocenters. The smallest absolute Gasteiger partial charge is 0.356 e. The van der Waals surface area contributed by atoms with E-state index in [0.29, 0.717) is 27.8 Å². The Morgan fingerprint density at radius 2 is 2.04 bits per heavy atom. The second-order valence-electron chi connectivity index (χ2n) is 5.79. The molecule has 1 aliphatic rings. The maximum atomic E-state index is 11.2. The molecular weight excluding hydrogens is 334 g/mol. The lowest BCUT2D eigenvalue weighted by atomic mass is 10.1. The second-order valence-corrected chi connectivity index (χ2v) is 6.23. The molecule has 0 amide bonds. The first-order valence-electron chi connectivity index (χ1n) is 7.39. The Bertz CT molecular complexity index is 784. The Labute approximate surface area is 144 Å². The zero-order chi connectivity index (χ0) is 17.4. The Balaban J connectivity index is 2.08. The van der Waals surface area contributed by atoms with Crippen molar-refractivity contribution in [3.8, 4) is 22.8 Å². The van der Waals surface area contributed by atoms with Gasteiger partial charge in [0.15, 0.2) is 17.2 Å². The van der Waals surface area contributed by atoms with Gasteiger partial charge in [-0.25, -0.2) is 4.79 Å². The van der Waals surface area contributed by atoms with Crippen molar-refractivity contribution in [3.63, 3.8) is 0 Å². The van der Waals surface area contributed by atoms with E-state index in [2.05, 4.69) is 10.00 Å². The summed E-state index contributed by atoms with van der Waals surface area (Å²) in [7, 11) is 5.23. The van der Waals surface area contributed by atoms with Gasteiger partial charge < -0.3 is 14.6 Å². The zero-order valence-electron chi connectivity index (χ0n) is 13.6. The normalized spacial score (nSPS) is 15.2. The van der Waals surface area contributed by atoms with Crippen molar-refractivity contribution in [2.75, 3.05) is 27.2 Å². The highest BCUT2D eigenvalue weighted by molar-refractivity contribution is 6.31. The van der Waals surface area contributed by atoms with Crippen molar-refractivity contribution in [2.45, 2.75) is 6.10 Å². The fourth-order valence-corrected chi connectivity index (χ4v) is 2.95. The molecule has 0 aliphatic carbocycles. The molecule has 0 bridgehead atoms. The van der Waals surface area contributed by atoms with Crippen molar-refractivity contribution in [2.24, 2.45) is 7.05 Å². The van der Waals surface area contributed by atoms with Crippen molar-refractivity contribution < 1.29 is 19.4 Å². The summed E-state index contributed by atoms with van der Waals surface area (Å²) < 4.78 is 13.0. The number of ether oxygens (including phenoxy) is 2. The molecule has 0 saturated carbocycles. The SMILES string of the molecule is COc1cc(Cl)cc(-c2cc(C(=O)O)nn2C)c1OC1CN(C)C1. The molecule has 0 radical (unpaired) electrons. The van der Waals surface area contributed by atoms with Crippen LogP contribution in [-0.2, 0) is 7.05 Å². The average Bonchev–Trinajstić information content (AvgIpc) is 2.88. The van der Waals surface area contributed by atoms with Crippen LogP contribution in [0.25, 0.3) is 11.3 Å². The van der Waals surface area contributed by atoms with Gasteiger partial charge in [0.1, 0.15) is 6.10 Å². The van der Waals surface area contributed by atoms with Crippen molar-refractivity contribution >= 4 is 17.6 Å². The maximum absolute atomic E-state index is 11.2. The molecule has 2 aromatic rings. The zero-order valence-corrected chi connectivity index (χ0v) is 14.4. The number of aromatic nitrogens is 2. The predicted molar refractivity (Wildman–Crippen MR) is 89.1 cm³/mol. The lowest BCUT2D eigenvalue weighted by Gasteiger charge is -2.36. The molecule has 3 rings (SSSR count). The number of carbonyl (C=O) groups is 1. The first kappa shape index (κ1) is 16.6. The minimum absolute atomic E-state index is 0.0410. The van der Waals surface area contributed by atoms with Crippen LogP contribution in [0.5, 0.6) is 11.5 Å². The van der Waals surface area contributed by atoms with E-state index >= 15 is 0 Å². The van der Waals surface area contributed by atoms with Gasteiger partial charge >= 0.3 is 5.97 Å². The standard InChI is InChI=1S/C16H18ClN3O4/c1-19-7-10(8-19)24-15-11(4-9(17)5-14(15)23-3)13-6-12(16(21)22)18-20(13)2/h4-6,10H,7-8H2,1-3H3,(H,21,22). The van der Waals surface area contributed by atoms with E-state index in [0.717, 1.165) is 13.1 Å². The van der Waals surface area contributed by atoms with Crippen LogP contribution in [0.15, 0.2) is 18.2 Å². The van der Waals surface area contributed by atoms with Gasteiger partial charge in [-0.15, -0.1) is 0 Å². The molecule has 1 aromatic heterocycles. The fraction of sp³-hybridized carbons (Fsp3) is 0.375. The van der Waals surface area contributed by atoms with E-state index in [1.54, 1.807) is 26.3 Å². The van der Waals surface area contributed by atoms with Crippen molar-refractivity contribution in [3.05, 3.63) is 28.9 Å². The van der Waals surface area contributed by atoms with Gasteiger partial charge in [-0.3, -0.25) is 9.58 Å². The van der Waals surface area contributed by atoms with Gasteiger partial charge in [-0.1, -0.05) is 11.6 Å². The molecule has 0 unspecified atom stereocenters. The molecule has 24 heavy (non-hydrogen) atoms. The highest BCUT2D eigenvalue weighted by atomic mass is 35.5. The molecule has 1 aromatic carbocycles. The molecular formula is C16H18ClN3O4. The number of hydrogen-bond donors (Lipinski definition) is 1. The van der Waals surface area contributed by atoms with Gasteiger partial charge in [-0.05, 0) is 19.2 Å². The monoisotopic (exact) mass is 351 g/mol. The highest BCUT2D eigenvalue weighted by Crippen LogP contribution is 2.42. The molecule has 128 valence electrons. The number of benzene rings is 1. The number of nitrogens with zero attached hydrogens (tertiary/aromatic N) is 3. The molecule has 7 nitrogen and oxygen atoms in total. The number of rotatable bonds is 5.